The molecule has 0 aromatic carbocycles. The molecule has 2 rings (SSSR count). The van der Waals surface area contributed by atoms with Crippen molar-refractivity contribution in [3.05, 3.63) is 12.2 Å². The number of carbonyl (C=O) groups is 2. The van der Waals surface area contributed by atoms with Crippen molar-refractivity contribution in [3.8, 4) is 6.07 Å². The smallest absolute Gasteiger partial charge is 0.344 e. The van der Waals surface area contributed by atoms with Crippen molar-refractivity contribution >= 4 is 23.3 Å². The fraction of sp³-hybridized carbons (Fsp3) is 0.615. The topological polar surface area (TPSA) is 135 Å². The second-order valence-corrected chi connectivity index (χ2v) is 5.79. The summed E-state index contributed by atoms with van der Waals surface area (Å²) >= 11 is -2.82. The van der Waals surface area contributed by atoms with Crippen LogP contribution in [0.4, 0.5) is 0 Å². The summed E-state index contributed by atoms with van der Waals surface area (Å²) in [7, 11) is 0. The molecule has 2 fully saturated rings. The highest BCUT2D eigenvalue weighted by Crippen LogP contribution is 2.42. The molecule has 2 aliphatic rings. The maximum Gasteiger partial charge on any atom is 0.344 e. The average Bonchev–Trinajstić information content (AvgIpc) is 3.03. The summed E-state index contributed by atoms with van der Waals surface area (Å²) in [6.07, 6.45) is -3.23. The first-order chi connectivity index (χ1) is 10.8. The van der Waals surface area contributed by atoms with Crippen molar-refractivity contribution in [1.29, 1.82) is 5.26 Å². The fourth-order valence-corrected chi connectivity index (χ4v) is 2.97. The Hall–Kier alpha value is -1.80. The fourth-order valence-electron chi connectivity index (χ4n) is 2.55. The van der Waals surface area contributed by atoms with Gasteiger partial charge in [-0.25, -0.2) is 13.8 Å². The van der Waals surface area contributed by atoms with Crippen molar-refractivity contribution < 1.29 is 36.7 Å². The van der Waals surface area contributed by atoms with Gasteiger partial charge in [0.05, 0.1) is 29.5 Å². The van der Waals surface area contributed by atoms with Crippen LogP contribution in [0.15, 0.2) is 12.2 Å². The Balaban J connectivity index is 1.98. The van der Waals surface area contributed by atoms with Crippen LogP contribution < -0.4 is 0 Å². The van der Waals surface area contributed by atoms with Crippen LogP contribution in [0.3, 0.4) is 0 Å². The lowest BCUT2D eigenvalue weighted by atomic mass is 9.86. The van der Waals surface area contributed by atoms with E-state index in [9.17, 15) is 18.4 Å². The summed E-state index contributed by atoms with van der Waals surface area (Å²) in [5, 5.41) is 9.03. The number of hydrogen-bond donors (Lipinski definition) is 0. The molecule has 6 atom stereocenters. The molecule has 0 aromatic rings. The molecule has 9 nitrogen and oxygen atoms in total. The third-order valence-electron chi connectivity index (χ3n) is 3.52. The van der Waals surface area contributed by atoms with Crippen LogP contribution in [-0.2, 0) is 39.3 Å². The Bertz CT molecular complexity index is 585. The van der Waals surface area contributed by atoms with E-state index in [2.05, 4.69) is 11.3 Å². The number of carbonyl (C=O) groups excluding carboxylic acids is 2. The van der Waals surface area contributed by atoms with Crippen LogP contribution in [-0.4, -0.2) is 51.7 Å². The van der Waals surface area contributed by atoms with E-state index < -0.39 is 60.2 Å². The van der Waals surface area contributed by atoms with Gasteiger partial charge in [-0.1, -0.05) is 6.58 Å². The summed E-state index contributed by atoms with van der Waals surface area (Å²) < 4.78 is 41.4. The van der Waals surface area contributed by atoms with Gasteiger partial charge in [0.25, 0.3) is 0 Å². The standard InChI is InChI=1S/C13H15NO8S/c1-6(2)13(16)19-5-9(15)21-12-10-7(4-14)3-8(20-10)11(12)22-23(17)18/h7-8,10-12H,1,3,5H2,2H3,(H,17,18)/p-1. The normalized spacial score (nSPS) is 32.8. The van der Waals surface area contributed by atoms with Crippen LogP contribution in [0.2, 0.25) is 0 Å². The molecule has 0 radical (unpaired) electrons. The number of rotatable bonds is 6. The SMILES string of the molecule is C=C(C)C(=O)OCC(=O)OC1C2OC(CC2C#N)C1OS(=O)[O-]. The summed E-state index contributed by atoms with van der Waals surface area (Å²) in [5.74, 6) is -2.19. The monoisotopic (exact) mass is 344 g/mol. The minimum atomic E-state index is -2.82. The molecule has 6 unspecified atom stereocenters. The van der Waals surface area contributed by atoms with Gasteiger partial charge < -0.3 is 18.8 Å². The van der Waals surface area contributed by atoms with E-state index in [4.69, 9.17) is 18.9 Å². The number of esters is 2. The van der Waals surface area contributed by atoms with Crippen molar-refractivity contribution in [2.45, 2.75) is 37.8 Å². The lowest BCUT2D eigenvalue weighted by Gasteiger charge is -2.29. The molecular weight excluding hydrogens is 330 g/mol. The second kappa shape index (κ2) is 7.18. The first kappa shape index (κ1) is 17.6. The Kier molecular flexibility index (Phi) is 5.48. The van der Waals surface area contributed by atoms with Crippen LogP contribution >= 0.6 is 0 Å². The van der Waals surface area contributed by atoms with E-state index in [1.807, 2.05) is 6.07 Å². The van der Waals surface area contributed by atoms with Gasteiger partial charge >= 0.3 is 11.9 Å². The van der Waals surface area contributed by atoms with Crippen LogP contribution in [0.25, 0.3) is 0 Å². The zero-order chi connectivity index (χ0) is 17.1. The molecule has 2 aliphatic heterocycles. The van der Waals surface area contributed by atoms with Gasteiger partial charge in [0.2, 0.25) is 0 Å². The van der Waals surface area contributed by atoms with Crippen molar-refractivity contribution in [1.82, 2.24) is 0 Å². The van der Waals surface area contributed by atoms with Crippen molar-refractivity contribution in [2.75, 3.05) is 6.61 Å². The molecule has 0 N–H and O–H groups in total. The Morgan fingerprint density at radius 2 is 2.17 bits per heavy atom. The minimum absolute atomic E-state index is 0.119. The molecule has 0 spiro atoms. The minimum Gasteiger partial charge on any atom is -0.750 e. The van der Waals surface area contributed by atoms with E-state index in [0.29, 0.717) is 6.42 Å². The highest BCUT2D eigenvalue weighted by molar-refractivity contribution is 7.74. The van der Waals surface area contributed by atoms with Gasteiger partial charge in [-0.2, -0.15) is 5.26 Å². The average molecular weight is 344 g/mol. The molecule has 126 valence electrons. The van der Waals surface area contributed by atoms with Gasteiger partial charge in [0.15, 0.2) is 12.7 Å². The second-order valence-electron chi connectivity index (χ2n) is 5.19. The molecule has 0 aliphatic carbocycles. The molecule has 0 amide bonds. The maximum absolute atomic E-state index is 11.8. The van der Waals surface area contributed by atoms with E-state index in [-0.39, 0.29) is 5.57 Å². The zero-order valence-electron chi connectivity index (χ0n) is 12.1. The molecule has 2 heterocycles. The van der Waals surface area contributed by atoms with Gasteiger partial charge in [-0.15, -0.1) is 0 Å². The Morgan fingerprint density at radius 3 is 2.74 bits per heavy atom. The third kappa shape index (κ3) is 3.94. The van der Waals surface area contributed by atoms with Gasteiger partial charge in [0.1, 0.15) is 12.2 Å². The third-order valence-corrected chi connectivity index (χ3v) is 3.90. The summed E-state index contributed by atoms with van der Waals surface area (Å²) in [6.45, 7) is 4.12. The van der Waals surface area contributed by atoms with E-state index in [0.717, 1.165) is 0 Å². The number of nitriles is 1. The first-order valence-corrected chi connectivity index (χ1v) is 7.67. The predicted molar refractivity (Wildman–Crippen MR) is 71.8 cm³/mol. The van der Waals surface area contributed by atoms with E-state index >= 15 is 0 Å². The lowest BCUT2D eigenvalue weighted by Crippen LogP contribution is -2.46. The number of hydrogen-bond acceptors (Lipinski definition) is 9. The number of nitrogens with zero attached hydrogens (tertiary/aromatic N) is 1. The molecule has 2 bridgehead atoms. The highest BCUT2D eigenvalue weighted by Gasteiger charge is 2.57. The van der Waals surface area contributed by atoms with Crippen LogP contribution in [0.5, 0.6) is 0 Å². The van der Waals surface area contributed by atoms with Gasteiger partial charge in [0, 0.05) is 5.57 Å². The van der Waals surface area contributed by atoms with Crippen molar-refractivity contribution in [3.63, 3.8) is 0 Å². The molecule has 0 saturated carbocycles. The molecular formula is C13H14NO8S-. The number of ether oxygens (including phenoxy) is 3. The van der Waals surface area contributed by atoms with Gasteiger partial charge in [-0.3, -0.25) is 4.18 Å². The summed E-state index contributed by atoms with van der Waals surface area (Å²) in [4.78, 5) is 23.0. The highest BCUT2D eigenvalue weighted by atomic mass is 32.2. The number of fused-ring (bicyclic) bond motifs is 2. The molecule has 10 heteroatoms. The van der Waals surface area contributed by atoms with Gasteiger partial charge in [-0.05, 0) is 13.3 Å². The zero-order valence-corrected chi connectivity index (χ0v) is 12.9. The van der Waals surface area contributed by atoms with E-state index in [1.165, 1.54) is 6.92 Å². The Labute approximate surface area is 134 Å². The molecule has 23 heavy (non-hydrogen) atoms. The first-order valence-electron chi connectivity index (χ1n) is 6.67. The Morgan fingerprint density at radius 1 is 1.48 bits per heavy atom. The predicted octanol–water partition coefficient (Wildman–Crippen LogP) is -0.492. The van der Waals surface area contributed by atoms with E-state index in [1.54, 1.807) is 0 Å². The summed E-state index contributed by atoms with van der Waals surface area (Å²) in [6, 6.07) is 2.01. The van der Waals surface area contributed by atoms with Crippen LogP contribution in [0.1, 0.15) is 13.3 Å². The lowest BCUT2D eigenvalue weighted by molar-refractivity contribution is -0.165. The quantitative estimate of drug-likeness (QED) is 0.355. The van der Waals surface area contributed by atoms with Crippen LogP contribution in [0, 0.1) is 17.2 Å². The van der Waals surface area contributed by atoms with Crippen molar-refractivity contribution in [2.24, 2.45) is 5.92 Å². The largest absolute Gasteiger partial charge is 0.750 e. The maximum atomic E-state index is 11.8. The summed E-state index contributed by atoms with van der Waals surface area (Å²) in [5.41, 5.74) is 0.119. The molecule has 0 aromatic heterocycles. The molecule has 2 saturated heterocycles.